The molecule has 0 radical (unpaired) electrons. The summed E-state index contributed by atoms with van der Waals surface area (Å²) >= 11 is 0. The van der Waals surface area contributed by atoms with Crippen molar-refractivity contribution in [3.05, 3.63) is 0 Å². The van der Waals surface area contributed by atoms with E-state index in [0.717, 1.165) is 47.3 Å². The zero-order valence-corrected chi connectivity index (χ0v) is 17.0. The van der Waals surface area contributed by atoms with Gasteiger partial charge in [0, 0.05) is 0 Å². The number of nitrogens with one attached hydrogen (secondary N) is 1. The van der Waals surface area contributed by atoms with Gasteiger partial charge in [-0.3, -0.25) is 0 Å². The first-order valence-corrected chi connectivity index (χ1v) is 12.5. The summed E-state index contributed by atoms with van der Waals surface area (Å²) in [6.07, 6.45) is 17.2. The van der Waals surface area contributed by atoms with Crippen molar-refractivity contribution >= 4 is 0 Å². The van der Waals surface area contributed by atoms with Gasteiger partial charge in [-0.15, -0.1) is 0 Å². The van der Waals surface area contributed by atoms with Crippen LogP contribution in [0.1, 0.15) is 77.6 Å². The van der Waals surface area contributed by atoms with Crippen LogP contribution in [0.2, 0.25) is 0 Å². The third-order valence-corrected chi connectivity index (χ3v) is 11.0. The maximum atomic E-state index is 3.95. The van der Waals surface area contributed by atoms with Gasteiger partial charge in [0.1, 0.15) is 0 Å². The van der Waals surface area contributed by atoms with E-state index in [1.807, 2.05) is 0 Å². The topological polar surface area (TPSA) is 12.0 Å². The van der Waals surface area contributed by atoms with Crippen LogP contribution >= 0.6 is 0 Å². The molecule has 1 N–H and O–H groups in total. The molecule has 0 aromatic rings. The van der Waals surface area contributed by atoms with Gasteiger partial charge in [-0.25, -0.2) is 0 Å². The van der Waals surface area contributed by atoms with Crippen molar-refractivity contribution in [2.75, 3.05) is 13.1 Å². The molecule has 8 rings (SSSR count). The Morgan fingerprint density at radius 2 is 1.50 bits per heavy atom. The number of fused-ring (bicyclic) bond motifs is 3. The molecule has 10 atom stereocenters. The Morgan fingerprint density at radius 1 is 0.692 bits per heavy atom. The monoisotopic (exact) mass is 355 g/mol. The van der Waals surface area contributed by atoms with Crippen LogP contribution in [0.5, 0.6) is 0 Å². The summed E-state index contributed by atoms with van der Waals surface area (Å²) in [5, 5.41) is 3.95. The lowest BCUT2D eigenvalue weighted by Crippen LogP contribution is -2.59. The summed E-state index contributed by atoms with van der Waals surface area (Å²) in [5.41, 5.74) is 0. The lowest BCUT2D eigenvalue weighted by molar-refractivity contribution is -0.167. The molecule has 1 heteroatoms. The van der Waals surface area contributed by atoms with E-state index in [2.05, 4.69) is 12.2 Å². The van der Waals surface area contributed by atoms with E-state index in [9.17, 15) is 0 Å². The molecule has 0 spiro atoms. The van der Waals surface area contributed by atoms with E-state index >= 15 is 0 Å². The smallest absolute Gasteiger partial charge is 0.00150 e. The Bertz CT molecular complexity index is 504. The van der Waals surface area contributed by atoms with Crippen molar-refractivity contribution in [2.45, 2.75) is 77.6 Å². The summed E-state index contributed by atoms with van der Waals surface area (Å²) in [6.45, 7) is 5.14. The second-order valence-corrected chi connectivity index (χ2v) is 11.6. The molecule has 8 aliphatic rings. The van der Waals surface area contributed by atoms with Gasteiger partial charge in [-0.05, 0) is 110 Å². The van der Waals surface area contributed by atoms with Crippen molar-refractivity contribution < 1.29 is 0 Å². The fraction of sp³-hybridized carbons (Fsp3) is 1.00. The highest BCUT2D eigenvalue weighted by Crippen LogP contribution is 2.66. The Kier molecular flexibility index (Phi) is 4.22. The minimum absolute atomic E-state index is 1.07. The molecule has 8 fully saturated rings. The van der Waals surface area contributed by atoms with Crippen LogP contribution in [0.4, 0.5) is 0 Å². The van der Waals surface area contributed by atoms with Crippen LogP contribution in [0.15, 0.2) is 0 Å². The lowest BCUT2D eigenvalue weighted by Gasteiger charge is -2.65. The predicted octanol–water partition coefficient (Wildman–Crippen LogP) is 5.75. The van der Waals surface area contributed by atoms with Gasteiger partial charge in [0.25, 0.3) is 0 Å². The van der Waals surface area contributed by atoms with Crippen LogP contribution in [0.3, 0.4) is 0 Å². The normalized spacial score (nSPS) is 55.5. The Hall–Kier alpha value is -0.0400. The van der Waals surface area contributed by atoms with Crippen molar-refractivity contribution in [1.82, 2.24) is 5.32 Å². The van der Waals surface area contributed by atoms with Crippen molar-refractivity contribution in [3.8, 4) is 0 Å². The number of hydrogen-bond donors (Lipinski definition) is 1. The maximum absolute atomic E-state index is 3.95. The van der Waals surface area contributed by atoms with Gasteiger partial charge >= 0.3 is 0 Å². The second-order valence-electron chi connectivity index (χ2n) is 11.6. The summed E-state index contributed by atoms with van der Waals surface area (Å²) in [6, 6.07) is 0. The first-order valence-electron chi connectivity index (χ1n) is 12.5. The SMILES string of the molecule is CCC1C2C[C@@H]1C2CCCC1CC2C[C@@H]1C2CNCC1C2CCCC1C2. The van der Waals surface area contributed by atoms with E-state index in [1.165, 1.54) is 43.7 Å². The lowest BCUT2D eigenvalue weighted by atomic mass is 9.40. The molecule has 0 aromatic heterocycles. The third kappa shape index (κ3) is 2.44. The van der Waals surface area contributed by atoms with E-state index in [4.69, 9.17) is 0 Å². The molecule has 146 valence electrons. The average molecular weight is 356 g/mol. The molecule has 6 bridgehead atoms. The van der Waals surface area contributed by atoms with Crippen LogP contribution in [-0.4, -0.2) is 13.1 Å². The summed E-state index contributed by atoms with van der Waals surface area (Å²) < 4.78 is 0. The minimum atomic E-state index is 1.07. The zero-order valence-electron chi connectivity index (χ0n) is 17.0. The fourth-order valence-electron chi connectivity index (χ4n) is 9.26. The van der Waals surface area contributed by atoms with Crippen LogP contribution < -0.4 is 5.32 Å². The van der Waals surface area contributed by atoms with E-state index in [1.54, 1.807) is 57.8 Å². The zero-order chi connectivity index (χ0) is 17.3. The fourth-order valence-corrected chi connectivity index (χ4v) is 9.26. The standard InChI is InChI=1S/C25H41N/c1-2-19-22-12-23(19)20(22)8-4-7-15-10-18-11-21(15)25(18)14-26-13-24-16-5-3-6-17(24)9-16/h15-26H,2-14H2,1H3/t15?,16?,17?,18?,19?,20?,21-,22-,23?,24?,25?/m0/s1. The average Bonchev–Trinajstić information content (AvgIpc) is 3.16. The van der Waals surface area contributed by atoms with Crippen LogP contribution in [0, 0.1) is 65.1 Å². The molecular weight excluding hydrogens is 314 g/mol. The Balaban J connectivity index is 0.897. The van der Waals surface area contributed by atoms with Crippen molar-refractivity contribution in [1.29, 1.82) is 0 Å². The molecule has 8 aliphatic carbocycles. The largest absolute Gasteiger partial charge is 0.316 e. The highest BCUT2D eigenvalue weighted by atomic mass is 14.9. The number of rotatable bonds is 9. The quantitative estimate of drug-likeness (QED) is 0.555. The summed E-state index contributed by atoms with van der Waals surface area (Å²) in [5.74, 6) is 12.4. The highest BCUT2D eigenvalue weighted by Gasteiger charge is 2.59. The van der Waals surface area contributed by atoms with E-state index in [0.29, 0.717) is 0 Å². The second kappa shape index (κ2) is 6.50. The molecule has 8 unspecified atom stereocenters. The molecule has 0 amide bonds. The highest BCUT2D eigenvalue weighted by molar-refractivity contribution is 5.08. The van der Waals surface area contributed by atoms with Crippen LogP contribution in [-0.2, 0) is 0 Å². The first-order chi connectivity index (χ1) is 12.8. The molecule has 0 aliphatic heterocycles. The van der Waals surface area contributed by atoms with Crippen molar-refractivity contribution in [3.63, 3.8) is 0 Å². The molecule has 26 heavy (non-hydrogen) atoms. The van der Waals surface area contributed by atoms with Crippen LogP contribution in [0.25, 0.3) is 0 Å². The Labute approximate surface area is 161 Å². The van der Waals surface area contributed by atoms with Gasteiger partial charge in [0.05, 0.1) is 0 Å². The van der Waals surface area contributed by atoms with Gasteiger partial charge in [0.15, 0.2) is 0 Å². The van der Waals surface area contributed by atoms with Gasteiger partial charge < -0.3 is 5.32 Å². The predicted molar refractivity (Wildman–Crippen MR) is 108 cm³/mol. The maximum Gasteiger partial charge on any atom is -0.00150 e. The third-order valence-electron chi connectivity index (χ3n) is 11.0. The molecule has 1 nitrogen and oxygen atoms in total. The summed E-state index contributed by atoms with van der Waals surface area (Å²) in [4.78, 5) is 0. The molecular formula is C25H41N. The number of hydrogen-bond acceptors (Lipinski definition) is 1. The van der Waals surface area contributed by atoms with Gasteiger partial charge in [-0.1, -0.05) is 45.4 Å². The molecule has 0 heterocycles. The van der Waals surface area contributed by atoms with E-state index < -0.39 is 0 Å². The van der Waals surface area contributed by atoms with Gasteiger partial charge in [-0.2, -0.15) is 0 Å². The molecule has 0 saturated heterocycles. The van der Waals surface area contributed by atoms with Crippen molar-refractivity contribution in [2.24, 2.45) is 65.1 Å². The minimum Gasteiger partial charge on any atom is -0.316 e. The first kappa shape index (κ1) is 16.9. The summed E-state index contributed by atoms with van der Waals surface area (Å²) in [7, 11) is 0. The Morgan fingerprint density at radius 3 is 2.23 bits per heavy atom. The molecule has 8 saturated carbocycles. The van der Waals surface area contributed by atoms with E-state index in [-0.39, 0.29) is 0 Å². The van der Waals surface area contributed by atoms with Gasteiger partial charge in [0.2, 0.25) is 0 Å². The molecule has 0 aromatic carbocycles.